The molecule has 2 unspecified atom stereocenters. The van der Waals surface area contributed by atoms with E-state index in [9.17, 15) is 13.9 Å². The minimum absolute atomic E-state index is 0.244. The van der Waals surface area contributed by atoms with Gasteiger partial charge in [0, 0.05) is 6.20 Å². The van der Waals surface area contributed by atoms with Gasteiger partial charge < -0.3 is 20.5 Å². The van der Waals surface area contributed by atoms with Crippen molar-refractivity contribution in [2.75, 3.05) is 5.73 Å². The molecule has 0 radical (unpaired) electrons. The highest BCUT2D eigenvalue weighted by Gasteiger charge is 1.93. The predicted molar refractivity (Wildman–Crippen MR) is 52.8 cm³/mol. The Kier molecular flexibility index (Phi) is 6.85. The van der Waals surface area contributed by atoms with Crippen LogP contribution in [0.4, 0.5) is 5.82 Å². The van der Waals surface area contributed by atoms with E-state index in [1.807, 2.05) is 0 Å². The molecular formula is C4H9N3O6P2. The average molecular weight is 257 g/mol. The molecule has 11 heteroatoms. The van der Waals surface area contributed by atoms with Crippen molar-refractivity contribution in [1.82, 2.24) is 9.97 Å². The Balaban J connectivity index is 0.000000265. The summed E-state index contributed by atoms with van der Waals surface area (Å²) in [5, 5.41) is 0. The number of hydrogen-bond donors (Lipinski definition) is 4. The van der Waals surface area contributed by atoms with Crippen LogP contribution < -0.4 is 11.4 Å². The number of nitrogens with two attached hydrogens (primary N) is 1. The first kappa shape index (κ1) is 14.0. The lowest BCUT2D eigenvalue weighted by molar-refractivity contribution is 0.371. The average Bonchev–Trinajstić information content (AvgIpc) is 2.01. The normalized spacial score (nSPS) is 13.5. The molecule has 1 aromatic rings. The third-order valence-electron chi connectivity index (χ3n) is 0.866. The zero-order chi connectivity index (χ0) is 11.8. The summed E-state index contributed by atoms with van der Waals surface area (Å²) >= 11 is 0. The van der Waals surface area contributed by atoms with Gasteiger partial charge in [0.15, 0.2) is 0 Å². The van der Waals surface area contributed by atoms with Crippen LogP contribution in [-0.4, -0.2) is 19.8 Å². The van der Waals surface area contributed by atoms with E-state index in [4.69, 9.17) is 15.5 Å². The molecule has 0 spiro atoms. The highest BCUT2D eigenvalue weighted by atomic mass is 31.2. The number of H-pyrrole nitrogens is 1. The molecule has 9 nitrogen and oxygen atoms in total. The monoisotopic (exact) mass is 257 g/mol. The third-order valence-corrected chi connectivity index (χ3v) is 2.26. The standard InChI is InChI=1S/C4H5N3O.H4O5P2/c5-3-1-2-6-4(8)7-3;1-6(2)5-7(3)4/h1-2H,(H3,5,6,7,8);6-7H,(H,1,2)(H,3,4). The minimum atomic E-state index is -3.20. The van der Waals surface area contributed by atoms with Gasteiger partial charge in [-0.3, -0.25) is 9.13 Å². The summed E-state index contributed by atoms with van der Waals surface area (Å²) < 4.78 is 22.3. The molecule has 86 valence electrons. The van der Waals surface area contributed by atoms with E-state index in [0.717, 1.165) is 0 Å². The van der Waals surface area contributed by atoms with Crippen molar-refractivity contribution in [3.63, 3.8) is 0 Å². The van der Waals surface area contributed by atoms with Crippen molar-refractivity contribution < 1.29 is 23.2 Å². The first-order valence-electron chi connectivity index (χ1n) is 3.36. The maximum Gasteiger partial charge on any atom is 0.346 e. The lowest BCUT2D eigenvalue weighted by atomic mass is 10.6. The SMILES string of the molecule is Nc1cc[nH]c(=O)n1.O=[PH](O)O[PH](=O)O. The smallest absolute Gasteiger partial charge is 0.346 e. The number of rotatable bonds is 2. The van der Waals surface area contributed by atoms with Gasteiger partial charge in [0.2, 0.25) is 0 Å². The van der Waals surface area contributed by atoms with Crippen LogP contribution >= 0.6 is 16.5 Å². The molecule has 0 aliphatic rings. The van der Waals surface area contributed by atoms with Crippen molar-refractivity contribution in [3.8, 4) is 0 Å². The molecule has 0 amide bonds. The number of anilines is 1. The molecule has 5 N–H and O–H groups in total. The Labute approximate surface area is 84.8 Å². The van der Waals surface area contributed by atoms with Crippen LogP contribution in [0.3, 0.4) is 0 Å². The van der Waals surface area contributed by atoms with Crippen LogP contribution in [0.2, 0.25) is 0 Å². The predicted octanol–water partition coefficient (Wildman–Crippen LogP) is -0.881. The van der Waals surface area contributed by atoms with Gasteiger partial charge in [-0.25, -0.2) is 9.11 Å². The molecule has 0 aliphatic heterocycles. The summed E-state index contributed by atoms with van der Waals surface area (Å²) in [6.45, 7) is 0. The Morgan fingerprint density at radius 2 is 1.93 bits per heavy atom. The molecule has 1 rings (SSSR count). The lowest BCUT2D eigenvalue weighted by Crippen LogP contribution is -2.10. The third kappa shape index (κ3) is 9.33. The Hall–Kier alpha value is -0.980. The van der Waals surface area contributed by atoms with Gasteiger partial charge in [-0.05, 0) is 6.07 Å². The highest BCUT2D eigenvalue weighted by molar-refractivity contribution is 7.46. The lowest BCUT2D eigenvalue weighted by Gasteiger charge is -1.86. The van der Waals surface area contributed by atoms with Gasteiger partial charge in [-0.1, -0.05) is 0 Å². The molecular weight excluding hydrogens is 248 g/mol. The number of nitrogens with zero attached hydrogens (tertiary/aromatic N) is 1. The van der Waals surface area contributed by atoms with Crippen LogP contribution in [-0.2, 0) is 13.4 Å². The molecule has 0 bridgehead atoms. The zero-order valence-electron chi connectivity index (χ0n) is 7.21. The van der Waals surface area contributed by atoms with Crippen molar-refractivity contribution in [2.24, 2.45) is 0 Å². The Morgan fingerprint density at radius 1 is 1.40 bits per heavy atom. The van der Waals surface area contributed by atoms with E-state index < -0.39 is 22.2 Å². The molecule has 1 aromatic heterocycles. The first-order chi connectivity index (χ1) is 6.91. The van der Waals surface area contributed by atoms with Gasteiger partial charge in [0.25, 0.3) is 0 Å². The van der Waals surface area contributed by atoms with E-state index in [0.29, 0.717) is 0 Å². The topological polar surface area (TPSA) is 156 Å². The van der Waals surface area contributed by atoms with E-state index >= 15 is 0 Å². The fourth-order valence-electron chi connectivity index (χ4n) is 0.460. The summed E-state index contributed by atoms with van der Waals surface area (Å²) in [7, 11) is -6.40. The van der Waals surface area contributed by atoms with Crippen molar-refractivity contribution in [3.05, 3.63) is 22.7 Å². The van der Waals surface area contributed by atoms with Crippen molar-refractivity contribution in [2.45, 2.75) is 0 Å². The number of nitrogen functional groups attached to an aromatic ring is 1. The van der Waals surface area contributed by atoms with Crippen LogP contribution in [0, 0.1) is 0 Å². The second-order valence-electron chi connectivity index (χ2n) is 1.95. The Bertz CT molecular complexity index is 393. The van der Waals surface area contributed by atoms with Gasteiger partial charge in [-0.2, -0.15) is 4.98 Å². The molecule has 0 aromatic carbocycles. The van der Waals surface area contributed by atoms with Crippen LogP contribution in [0.1, 0.15) is 0 Å². The van der Waals surface area contributed by atoms with Gasteiger partial charge >= 0.3 is 22.2 Å². The zero-order valence-corrected chi connectivity index (χ0v) is 9.21. The van der Waals surface area contributed by atoms with Crippen molar-refractivity contribution >= 4 is 22.3 Å². The summed E-state index contributed by atoms with van der Waals surface area (Å²) in [6.07, 6.45) is 1.45. The van der Waals surface area contributed by atoms with E-state index in [1.54, 1.807) is 0 Å². The minimum Gasteiger partial charge on any atom is -0.383 e. The van der Waals surface area contributed by atoms with Gasteiger partial charge in [0.1, 0.15) is 5.82 Å². The summed E-state index contributed by atoms with van der Waals surface area (Å²) in [6, 6.07) is 1.52. The highest BCUT2D eigenvalue weighted by Crippen LogP contribution is 2.30. The molecule has 0 fully saturated rings. The maximum absolute atomic E-state index is 10.2. The largest absolute Gasteiger partial charge is 0.383 e. The van der Waals surface area contributed by atoms with Crippen LogP contribution in [0.15, 0.2) is 17.1 Å². The van der Waals surface area contributed by atoms with E-state index in [1.165, 1.54) is 12.3 Å². The fraction of sp³-hybridized carbons (Fsp3) is 0. The summed E-state index contributed by atoms with van der Waals surface area (Å²) in [4.78, 5) is 31.3. The summed E-state index contributed by atoms with van der Waals surface area (Å²) in [5.41, 5.74) is 4.72. The Morgan fingerprint density at radius 3 is 2.13 bits per heavy atom. The van der Waals surface area contributed by atoms with Gasteiger partial charge in [-0.15, -0.1) is 0 Å². The number of nitrogens with one attached hydrogen (secondary N) is 1. The second-order valence-corrected chi connectivity index (χ2v) is 3.83. The molecule has 0 saturated heterocycles. The second kappa shape index (κ2) is 7.33. The van der Waals surface area contributed by atoms with Crippen molar-refractivity contribution in [1.29, 1.82) is 0 Å². The fourth-order valence-corrected chi connectivity index (χ4v) is 1.06. The van der Waals surface area contributed by atoms with Crippen LogP contribution in [0.5, 0.6) is 0 Å². The first-order valence-corrected chi connectivity index (χ1v) is 5.89. The molecule has 15 heavy (non-hydrogen) atoms. The molecule has 0 saturated carbocycles. The maximum atomic E-state index is 10.2. The number of hydrogen-bond acceptors (Lipinski definition) is 6. The van der Waals surface area contributed by atoms with E-state index in [2.05, 4.69) is 14.3 Å². The molecule has 0 aliphatic carbocycles. The molecule has 2 atom stereocenters. The van der Waals surface area contributed by atoms with Gasteiger partial charge in [0.05, 0.1) is 0 Å². The van der Waals surface area contributed by atoms with E-state index in [-0.39, 0.29) is 5.82 Å². The van der Waals surface area contributed by atoms with Crippen LogP contribution in [0.25, 0.3) is 0 Å². The summed E-state index contributed by atoms with van der Waals surface area (Å²) in [5.74, 6) is 0.244. The molecule has 1 heterocycles. The quantitative estimate of drug-likeness (QED) is 0.497. The number of aromatic nitrogens is 2. The number of aromatic amines is 1.